The Morgan fingerprint density at radius 2 is 2.12 bits per heavy atom. The van der Waals surface area contributed by atoms with Crippen LogP contribution in [0.25, 0.3) is 0 Å². The zero-order valence-corrected chi connectivity index (χ0v) is 15.0. The third-order valence-electron chi connectivity index (χ3n) is 4.71. The highest BCUT2D eigenvalue weighted by Gasteiger charge is 2.26. The van der Waals surface area contributed by atoms with Crippen molar-refractivity contribution >= 4 is 11.9 Å². The van der Waals surface area contributed by atoms with Crippen LogP contribution in [0.3, 0.4) is 0 Å². The molecule has 2 N–H and O–H groups in total. The number of aryl methyl sites for hydroxylation is 2. The lowest BCUT2D eigenvalue weighted by atomic mass is 10.1. The fourth-order valence-corrected chi connectivity index (χ4v) is 3.33. The number of ether oxygens (including phenoxy) is 1. The number of rotatable bonds is 3. The predicted octanol–water partition coefficient (Wildman–Crippen LogP) is 1.96. The highest BCUT2D eigenvalue weighted by atomic mass is 16.5. The first kappa shape index (κ1) is 16.8. The van der Waals surface area contributed by atoms with Crippen LogP contribution in [0.15, 0.2) is 40.1 Å². The molecule has 1 fully saturated rings. The van der Waals surface area contributed by atoms with Gasteiger partial charge in [0.25, 0.3) is 5.56 Å². The van der Waals surface area contributed by atoms with Crippen LogP contribution in [-0.4, -0.2) is 34.8 Å². The molecule has 26 heavy (non-hydrogen) atoms. The van der Waals surface area contributed by atoms with Gasteiger partial charge in [-0.2, -0.15) is 0 Å². The zero-order valence-electron chi connectivity index (χ0n) is 15.0. The Morgan fingerprint density at radius 1 is 1.31 bits per heavy atom. The highest BCUT2D eigenvalue weighted by Crippen LogP contribution is 2.22. The maximum atomic E-state index is 12.6. The summed E-state index contributed by atoms with van der Waals surface area (Å²) in [7, 11) is 0. The van der Waals surface area contributed by atoms with Crippen LogP contribution in [0.1, 0.15) is 35.8 Å². The quantitative estimate of drug-likeness (QED) is 0.882. The summed E-state index contributed by atoms with van der Waals surface area (Å²) in [5.74, 6) is 1.12. The molecule has 2 aliphatic rings. The summed E-state index contributed by atoms with van der Waals surface area (Å²) in [6.07, 6.45) is 1.93. The Kier molecular flexibility index (Phi) is 4.46. The van der Waals surface area contributed by atoms with E-state index in [0.717, 1.165) is 25.0 Å². The lowest BCUT2D eigenvalue weighted by Crippen LogP contribution is -2.48. The SMILES string of the molecule is Cc1ccc(C2NC(=NCC3CCCO3)Nc3nc(C)cc(=O)n32)cc1. The molecular formula is C19H23N5O2. The molecule has 2 atom stereocenters. The fourth-order valence-electron chi connectivity index (χ4n) is 3.33. The van der Waals surface area contributed by atoms with Gasteiger partial charge in [0.05, 0.1) is 12.6 Å². The number of nitrogens with zero attached hydrogens (tertiary/aromatic N) is 3. The van der Waals surface area contributed by atoms with Crippen LogP contribution >= 0.6 is 0 Å². The maximum absolute atomic E-state index is 12.6. The number of hydrogen-bond donors (Lipinski definition) is 2. The van der Waals surface area contributed by atoms with Crippen LogP contribution in [0, 0.1) is 13.8 Å². The molecule has 4 rings (SSSR count). The number of aliphatic imine (C=N–C) groups is 1. The molecule has 1 saturated heterocycles. The van der Waals surface area contributed by atoms with Gasteiger partial charge in [-0.15, -0.1) is 0 Å². The van der Waals surface area contributed by atoms with Gasteiger partial charge in [0.15, 0.2) is 5.96 Å². The molecule has 0 saturated carbocycles. The standard InChI is InChI=1S/C19H23N5O2/c1-12-5-7-14(8-6-12)17-22-18(20-11-15-4-3-9-26-15)23-19-21-13(2)10-16(25)24(17)19/h5-8,10,15,17H,3-4,9,11H2,1-2H3,(H2,20,21,22,23). The number of fused-ring (bicyclic) bond motifs is 1. The van der Waals surface area contributed by atoms with E-state index in [0.29, 0.717) is 24.1 Å². The smallest absolute Gasteiger partial charge is 0.257 e. The molecule has 1 aromatic heterocycles. The van der Waals surface area contributed by atoms with Gasteiger partial charge in [0, 0.05) is 18.4 Å². The molecule has 2 unspecified atom stereocenters. The van der Waals surface area contributed by atoms with E-state index < -0.39 is 0 Å². The third-order valence-corrected chi connectivity index (χ3v) is 4.71. The molecule has 0 radical (unpaired) electrons. The summed E-state index contributed by atoms with van der Waals surface area (Å²) in [5.41, 5.74) is 2.73. The van der Waals surface area contributed by atoms with Crippen molar-refractivity contribution in [2.45, 2.75) is 39.0 Å². The third kappa shape index (κ3) is 3.35. The van der Waals surface area contributed by atoms with Crippen LogP contribution in [0.5, 0.6) is 0 Å². The Bertz CT molecular complexity index is 882. The molecule has 3 heterocycles. The predicted molar refractivity (Wildman–Crippen MR) is 101 cm³/mol. The van der Waals surface area contributed by atoms with Gasteiger partial charge < -0.3 is 10.1 Å². The van der Waals surface area contributed by atoms with Crippen molar-refractivity contribution in [2.24, 2.45) is 4.99 Å². The van der Waals surface area contributed by atoms with Crippen molar-refractivity contribution in [1.29, 1.82) is 0 Å². The van der Waals surface area contributed by atoms with Crippen molar-refractivity contribution in [3.05, 3.63) is 57.5 Å². The van der Waals surface area contributed by atoms with Crippen molar-refractivity contribution in [2.75, 3.05) is 18.5 Å². The number of nitrogens with one attached hydrogen (secondary N) is 2. The molecule has 1 aromatic carbocycles. The van der Waals surface area contributed by atoms with Gasteiger partial charge in [0.1, 0.15) is 6.17 Å². The molecular weight excluding hydrogens is 330 g/mol. The number of guanidine groups is 1. The number of hydrogen-bond acceptors (Lipinski definition) is 4. The summed E-state index contributed by atoms with van der Waals surface area (Å²) in [4.78, 5) is 21.7. The van der Waals surface area contributed by atoms with Crippen LogP contribution in [0.4, 0.5) is 5.95 Å². The lowest BCUT2D eigenvalue weighted by Gasteiger charge is -2.31. The average Bonchev–Trinajstić information content (AvgIpc) is 3.13. The summed E-state index contributed by atoms with van der Waals surface area (Å²) >= 11 is 0. The van der Waals surface area contributed by atoms with E-state index in [4.69, 9.17) is 4.74 Å². The van der Waals surface area contributed by atoms with Crippen molar-refractivity contribution < 1.29 is 4.74 Å². The number of aromatic nitrogens is 2. The fraction of sp³-hybridized carbons (Fsp3) is 0.421. The van der Waals surface area contributed by atoms with Crippen molar-refractivity contribution in [3.63, 3.8) is 0 Å². The van der Waals surface area contributed by atoms with Gasteiger partial charge in [0.2, 0.25) is 5.95 Å². The van der Waals surface area contributed by atoms with Gasteiger partial charge in [-0.3, -0.25) is 19.7 Å². The number of anilines is 1. The molecule has 7 nitrogen and oxygen atoms in total. The summed E-state index contributed by atoms with van der Waals surface area (Å²) < 4.78 is 7.27. The van der Waals surface area contributed by atoms with E-state index in [1.54, 1.807) is 10.6 Å². The maximum Gasteiger partial charge on any atom is 0.257 e. The second kappa shape index (κ2) is 6.92. The van der Waals surface area contributed by atoms with E-state index in [1.807, 2.05) is 38.1 Å². The topological polar surface area (TPSA) is 80.5 Å². The Hall–Kier alpha value is -2.67. The average molecular weight is 353 g/mol. The molecule has 7 heteroatoms. The Labute approximate surface area is 152 Å². The molecule has 2 aliphatic heterocycles. The van der Waals surface area contributed by atoms with Crippen LogP contribution in [-0.2, 0) is 4.74 Å². The highest BCUT2D eigenvalue weighted by molar-refractivity contribution is 5.93. The molecule has 0 spiro atoms. The normalized spacial score (nSPS) is 23.4. The minimum absolute atomic E-state index is 0.101. The molecule has 0 aliphatic carbocycles. The largest absolute Gasteiger partial charge is 0.376 e. The molecule has 2 aromatic rings. The van der Waals surface area contributed by atoms with E-state index in [9.17, 15) is 4.79 Å². The van der Waals surface area contributed by atoms with Gasteiger partial charge in [-0.05, 0) is 32.3 Å². The first-order valence-corrected chi connectivity index (χ1v) is 8.96. The lowest BCUT2D eigenvalue weighted by molar-refractivity contribution is 0.117. The van der Waals surface area contributed by atoms with Crippen LogP contribution < -0.4 is 16.2 Å². The minimum Gasteiger partial charge on any atom is -0.376 e. The summed E-state index contributed by atoms with van der Waals surface area (Å²) in [6, 6.07) is 9.66. The van der Waals surface area contributed by atoms with Crippen molar-refractivity contribution in [3.8, 4) is 0 Å². The Balaban J connectivity index is 1.70. The van der Waals surface area contributed by atoms with E-state index in [1.165, 1.54) is 5.56 Å². The molecule has 136 valence electrons. The minimum atomic E-state index is -0.351. The molecule has 0 bridgehead atoms. The zero-order chi connectivity index (χ0) is 18.1. The second-order valence-corrected chi connectivity index (χ2v) is 6.84. The summed E-state index contributed by atoms with van der Waals surface area (Å²) in [6.45, 7) is 5.25. The Morgan fingerprint density at radius 3 is 2.85 bits per heavy atom. The van der Waals surface area contributed by atoms with E-state index in [-0.39, 0.29) is 17.8 Å². The monoisotopic (exact) mass is 353 g/mol. The van der Waals surface area contributed by atoms with Gasteiger partial charge >= 0.3 is 0 Å². The van der Waals surface area contributed by atoms with Crippen LogP contribution in [0.2, 0.25) is 0 Å². The second-order valence-electron chi connectivity index (χ2n) is 6.84. The van der Waals surface area contributed by atoms with Crippen molar-refractivity contribution in [1.82, 2.24) is 14.9 Å². The first-order chi connectivity index (χ1) is 12.6. The van der Waals surface area contributed by atoms with Gasteiger partial charge in [-0.25, -0.2) is 4.98 Å². The van der Waals surface area contributed by atoms with Gasteiger partial charge in [-0.1, -0.05) is 29.8 Å². The van der Waals surface area contributed by atoms with E-state index in [2.05, 4.69) is 20.6 Å². The molecule has 0 amide bonds. The first-order valence-electron chi connectivity index (χ1n) is 8.96. The van der Waals surface area contributed by atoms with E-state index >= 15 is 0 Å². The summed E-state index contributed by atoms with van der Waals surface area (Å²) in [5, 5.41) is 6.48. The number of benzene rings is 1.